The maximum Gasteiger partial charge on any atom is 0.164 e. The van der Waals surface area contributed by atoms with E-state index in [1.54, 1.807) is 0 Å². The first-order valence-corrected chi connectivity index (χ1v) is 6.38. The Labute approximate surface area is 118 Å². The Morgan fingerprint density at radius 3 is 2.95 bits per heavy atom. The van der Waals surface area contributed by atoms with Crippen molar-refractivity contribution in [2.24, 2.45) is 0 Å². The Morgan fingerprint density at radius 2 is 2.15 bits per heavy atom. The van der Waals surface area contributed by atoms with Crippen LogP contribution in [0.1, 0.15) is 18.0 Å². The number of hydrogen-bond donors (Lipinski definition) is 0. The minimum atomic E-state index is -0.880. The fourth-order valence-corrected chi connectivity index (χ4v) is 2.34. The lowest BCUT2D eigenvalue weighted by molar-refractivity contribution is 0.156. The number of anilines is 1. The topological polar surface area (TPSA) is 38.2 Å². The summed E-state index contributed by atoms with van der Waals surface area (Å²) in [6.07, 6.45) is 1.82. The highest BCUT2D eigenvalue weighted by Crippen LogP contribution is 2.35. The smallest absolute Gasteiger partial charge is 0.164 e. The SMILES string of the molecule is Fc1cccc([C@H]2CCON2c2cc(Cl)ncn2)c1F. The van der Waals surface area contributed by atoms with Gasteiger partial charge in [-0.25, -0.2) is 23.8 Å². The molecule has 0 unspecified atom stereocenters. The highest BCUT2D eigenvalue weighted by Gasteiger charge is 2.31. The van der Waals surface area contributed by atoms with Gasteiger partial charge in [0.05, 0.1) is 12.6 Å². The first-order chi connectivity index (χ1) is 9.66. The van der Waals surface area contributed by atoms with E-state index in [-0.39, 0.29) is 10.7 Å². The molecule has 20 heavy (non-hydrogen) atoms. The maximum absolute atomic E-state index is 13.9. The number of aromatic nitrogens is 2. The molecule has 0 aliphatic carbocycles. The maximum atomic E-state index is 13.9. The molecule has 0 bridgehead atoms. The van der Waals surface area contributed by atoms with Crippen molar-refractivity contribution in [3.8, 4) is 0 Å². The molecule has 3 rings (SSSR count). The summed E-state index contributed by atoms with van der Waals surface area (Å²) >= 11 is 5.81. The molecule has 1 aliphatic rings. The van der Waals surface area contributed by atoms with E-state index in [9.17, 15) is 8.78 Å². The van der Waals surface area contributed by atoms with Crippen molar-refractivity contribution in [2.45, 2.75) is 12.5 Å². The second-order valence-corrected chi connectivity index (χ2v) is 4.69. The van der Waals surface area contributed by atoms with Gasteiger partial charge in [0.2, 0.25) is 0 Å². The molecule has 1 aromatic carbocycles. The van der Waals surface area contributed by atoms with E-state index in [0.717, 1.165) is 6.07 Å². The van der Waals surface area contributed by atoms with Gasteiger partial charge in [-0.1, -0.05) is 23.7 Å². The van der Waals surface area contributed by atoms with Gasteiger partial charge in [0, 0.05) is 18.1 Å². The third kappa shape index (κ3) is 2.32. The van der Waals surface area contributed by atoms with Gasteiger partial charge in [0.1, 0.15) is 11.5 Å². The predicted molar refractivity (Wildman–Crippen MR) is 69.2 cm³/mol. The van der Waals surface area contributed by atoms with Crippen LogP contribution in [0.15, 0.2) is 30.6 Å². The van der Waals surface area contributed by atoms with E-state index in [0.29, 0.717) is 18.8 Å². The van der Waals surface area contributed by atoms with Crippen LogP contribution >= 0.6 is 11.6 Å². The molecule has 1 aliphatic heterocycles. The molecule has 1 atom stereocenters. The summed E-state index contributed by atoms with van der Waals surface area (Å²) in [6, 6.07) is 5.15. The standard InChI is InChI=1S/C13H10ClF2N3O/c14-11-6-12(18-7-17-11)19-10(4-5-20-19)8-2-1-3-9(15)13(8)16/h1-3,6-7,10H,4-5H2/t10-/m1/s1. The average Bonchev–Trinajstić information content (AvgIpc) is 2.91. The predicted octanol–water partition coefficient (Wildman–Crippen LogP) is 3.29. The molecular weight excluding hydrogens is 288 g/mol. The van der Waals surface area contributed by atoms with E-state index < -0.39 is 17.7 Å². The molecule has 0 spiro atoms. The van der Waals surface area contributed by atoms with Crippen molar-refractivity contribution in [1.82, 2.24) is 9.97 Å². The average molecular weight is 298 g/mol. The first kappa shape index (κ1) is 13.2. The molecule has 1 saturated heterocycles. The van der Waals surface area contributed by atoms with Crippen molar-refractivity contribution in [3.63, 3.8) is 0 Å². The lowest BCUT2D eigenvalue weighted by Gasteiger charge is -2.23. The second-order valence-electron chi connectivity index (χ2n) is 4.31. The highest BCUT2D eigenvalue weighted by molar-refractivity contribution is 6.29. The Kier molecular flexibility index (Phi) is 3.50. The summed E-state index contributed by atoms with van der Waals surface area (Å²) in [5.74, 6) is -1.33. The van der Waals surface area contributed by atoms with Crippen molar-refractivity contribution in [3.05, 3.63) is 52.9 Å². The van der Waals surface area contributed by atoms with Crippen LogP contribution in [-0.2, 0) is 4.84 Å². The van der Waals surface area contributed by atoms with Crippen LogP contribution in [0.2, 0.25) is 5.15 Å². The lowest BCUT2D eigenvalue weighted by atomic mass is 10.0. The van der Waals surface area contributed by atoms with E-state index in [1.165, 1.54) is 29.6 Å². The summed E-state index contributed by atoms with van der Waals surface area (Å²) in [4.78, 5) is 13.3. The van der Waals surface area contributed by atoms with Crippen LogP contribution in [0.3, 0.4) is 0 Å². The van der Waals surface area contributed by atoms with Gasteiger partial charge in [-0.3, -0.25) is 4.84 Å². The zero-order chi connectivity index (χ0) is 14.1. The third-order valence-electron chi connectivity index (χ3n) is 3.09. The molecule has 104 valence electrons. The monoisotopic (exact) mass is 297 g/mol. The Morgan fingerprint density at radius 1 is 1.30 bits per heavy atom. The lowest BCUT2D eigenvalue weighted by Crippen LogP contribution is -2.23. The minimum absolute atomic E-state index is 0.234. The molecular formula is C13H10ClF2N3O. The van der Waals surface area contributed by atoms with E-state index in [2.05, 4.69) is 9.97 Å². The summed E-state index contributed by atoms with van der Waals surface area (Å²) in [7, 11) is 0. The largest absolute Gasteiger partial charge is 0.271 e. The molecule has 0 saturated carbocycles. The van der Waals surface area contributed by atoms with Crippen molar-refractivity contribution >= 4 is 17.4 Å². The molecule has 1 fully saturated rings. The number of benzene rings is 1. The minimum Gasteiger partial charge on any atom is -0.271 e. The van der Waals surface area contributed by atoms with Gasteiger partial charge in [-0.05, 0) is 6.07 Å². The normalized spacial score (nSPS) is 18.6. The van der Waals surface area contributed by atoms with E-state index in [1.807, 2.05) is 0 Å². The summed E-state index contributed by atoms with van der Waals surface area (Å²) in [5.41, 5.74) is 0.234. The van der Waals surface area contributed by atoms with Crippen LogP contribution in [0, 0.1) is 11.6 Å². The van der Waals surface area contributed by atoms with Crippen molar-refractivity contribution < 1.29 is 13.6 Å². The molecule has 0 amide bonds. The second kappa shape index (κ2) is 5.30. The Balaban J connectivity index is 1.99. The summed E-state index contributed by atoms with van der Waals surface area (Å²) in [5, 5.41) is 1.69. The fourth-order valence-electron chi connectivity index (χ4n) is 2.20. The fraction of sp³-hybridized carbons (Fsp3) is 0.231. The van der Waals surface area contributed by atoms with Crippen LogP contribution < -0.4 is 5.06 Å². The number of rotatable bonds is 2. The molecule has 4 nitrogen and oxygen atoms in total. The zero-order valence-electron chi connectivity index (χ0n) is 10.3. The molecule has 7 heteroatoms. The van der Waals surface area contributed by atoms with Crippen LogP contribution in [0.5, 0.6) is 0 Å². The quantitative estimate of drug-likeness (QED) is 0.797. The number of nitrogens with zero attached hydrogens (tertiary/aromatic N) is 3. The number of hydroxylamine groups is 1. The van der Waals surface area contributed by atoms with Gasteiger partial charge < -0.3 is 0 Å². The summed E-state index contributed by atoms with van der Waals surface area (Å²) < 4.78 is 27.3. The third-order valence-corrected chi connectivity index (χ3v) is 3.30. The van der Waals surface area contributed by atoms with Gasteiger partial charge >= 0.3 is 0 Å². The molecule has 2 aromatic rings. The number of halogens is 3. The van der Waals surface area contributed by atoms with Crippen molar-refractivity contribution in [2.75, 3.05) is 11.7 Å². The zero-order valence-corrected chi connectivity index (χ0v) is 11.0. The van der Waals surface area contributed by atoms with Gasteiger partial charge in [-0.15, -0.1) is 0 Å². The number of hydrogen-bond acceptors (Lipinski definition) is 4. The van der Waals surface area contributed by atoms with Crippen LogP contribution in [0.4, 0.5) is 14.6 Å². The summed E-state index contributed by atoms with van der Waals surface area (Å²) in [6.45, 7) is 0.391. The van der Waals surface area contributed by atoms with Crippen LogP contribution in [0.25, 0.3) is 0 Å². The van der Waals surface area contributed by atoms with Crippen molar-refractivity contribution in [1.29, 1.82) is 0 Å². The molecule has 1 aromatic heterocycles. The first-order valence-electron chi connectivity index (χ1n) is 6.00. The van der Waals surface area contributed by atoms with Gasteiger partial charge in [0.15, 0.2) is 17.5 Å². The van der Waals surface area contributed by atoms with Gasteiger partial charge in [-0.2, -0.15) is 0 Å². The van der Waals surface area contributed by atoms with E-state index >= 15 is 0 Å². The molecule has 0 radical (unpaired) electrons. The van der Waals surface area contributed by atoms with Crippen LogP contribution in [-0.4, -0.2) is 16.6 Å². The molecule has 2 heterocycles. The highest BCUT2D eigenvalue weighted by atomic mass is 35.5. The molecule has 0 N–H and O–H groups in total. The van der Waals surface area contributed by atoms with Gasteiger partial charge in [0.25, 0.3) is 0 Å². The Hall–Kier alpha value is -1.79. The Bertz CT molecular complexity index is 641. The van der Waals surface area contributed by atoms with E-state index in [4.69, 9.17) is 16.4 Å².